The lowest BCUT2D eigenvalue weighted by Crippen LogP contribution is -2.14. The fourth-order valence-corrected chi connectivity index (χ4v) is 3.93. The van der Waals surface area contributed by atoms with Crippen molar-refractivity contribution >= 4 is 22.4 Å². The van der Waals surface area contributed by atoms with Crippen molar-refractivity contribution in [2.24, 2.45) is 0 Å². The van der Waals surface area contributed by atoms with Gasteiger partial charge in [-0.25, -0.2) is 9.67 Å². The lowest BCUT2D eigenvalue weighted by atomic mass is 10.1. The van der Waals surface area contributed by atoms with Crippen LogP contribution in [-0.2, 0) is 0 Å². The summed E-state index contributed by atoms with van der Waals surface area (Å²) in [7, 11) is 0. The van der Waals surface area contributed by atoms with Gasteiger partial charge in [-0.3, -0.25) is 4.79 Å². The van der Waals surface area contributed by atoms with Crippen LogP contribution in [0.5, 0.6) is 0 Å². The van der Waals surface area contributed by atoms with Gasteiger partial charge in [-0.15, -0.1) is 5.10 Å². The highest BCUT2D eigenvalue weighted by Gasteiger charge is 2.20. The number of nitrogens with one attached hydrogen (secondary N) is 1. The summed E-state index contributed by atoms with van der Waals surface area (Å²) in [5, 5.41) is 9.66. The number of hydrogen-bond acceptors (Lipinski definition) is 3. The van der Waals surface area contributed by atoms with Crippen LogP contribution in [0.1, 0.15) is 27.3 Å². The Morgan fingerprint density at radius 2 is 1.61 bits per heavy atom. The van der Waals surface area contributed by atoms with Gasteiger partial charge in [-0.05, 0) is 61.5 Å². The second-order valence-corrected chi connectivity index (χ2v) is 8.29. The summed E-state index contributed by atoms with van der Waals surface area (Å²) in [4.78, 5) is 17.9. The Morgan fingerprint density at radius 3 is 2.42 bits per heavy atom. The van der Waals surface area contributed by atoms with Crippen LogP contribution in [0, 0.1) is 20.8 Å². The first-order chi connectivity index (χ1) is 16.0. The summed E-state index contributed by atoms with van der Waals surface area (Å²) in [6, 6.07) is 28.0. The van der Waals surface area contributed by atoms with Crippen molar-refractivity contribution in [3.05, 3.63) is 107 Å². The van der Waals surface area contributed by atoms with Crippen molar-refractivity contribution in [1.82, 2.24) is 14.8 Å². The third-order valence-corrected chi connectivity index (χ3v) is 5.86. The van der Waals surface area contributed by atoms with Crippen LogP contribution in [0.4, 0.5) is 5.69 Å². The zero-order chi connectivity index (χ0) is 22.9. The summed E-state index contributed by atoms with van der Waals surface area (Å²) in [5.41, 5.74) is 5.97. The first-order valence-electron chi connectivity index (χ1n) is 10.9. The Balaban J connectivity index is 1.59. The van der Waals surface area contributed by atoms with Gasteiger partial charge >= 0.3 is 0 Å². The zero-order valence-electron chi connectivity index (χ0n) is 18.8. The number of aryl methyl sites for hydroxylation is 3. The van der Waals surface area contributed by atoms with E-state index in [9.17, 15) is 4.79 Å². The number of amides is 1. The van der Waals surface area contributed by atoms with Crippen molar-refractivity contribution in [1.29, 1.82) is 0 Å². The molecule has 1 amide bonds. The maximum absolute atomic E-state index is 13.2. The van der Waals surface area contributed by atoms with Crippen LogP contribution < -0.4 is 5.32 Å². The Hall–Kier alpha value is -4.25. The number of carbonyl (C=O) groups excluding carboxylic acids is 1. The highest BCUT2D eigenvalue weighted by Crippen LogP contribution is 2.26. The van der Waals surface area contributed by atoms with Crippen LogP contribution in [-0.4, -0.2) is 20.7 Å². The molecule has 0 saturated carbocycles. The standard InChI is InChI=1S/C28H24N4O/c1-18-8-6-11-22(16-18)27-30-26(31-32(27)23-15-14-19(2)20(3)17-23)28(33)29-25-13-7-10-21-9-4-5-12-24(21)25/h4-17H,1-3H3,(H,29,33). The molecular formula is C28H24N4O. The van der Waals surface area contributed by atoms with E-state index in [2.05, 4.69) is 41.4 Å². The Morgan fingerprint density at radius 1 is 0.818 bits per heavy atom. The molecule has 4 aromatic carbocycles. The SMILES string of the molecule is Cc1cccc(-c2nc(C(=O)Nc3cccc4ccccc34)nn2-c2ccc(C)c(C)c2)c1. The summed E-state index contributed by atoms with van der Waals surface area (Å²) in [6.45, 7) is 6.18. The molecule has 0 aliphatic heterocycles. The van der Waals surface area contributed by atoms with E-state index >= 15 is 0 Å². The van der Waals surface area contributed by atoms with E-state index in [0.29, 0.717) is 5.82 Å². The maximum Gasteiger partial charge on any atom is 0.295 e. The molecule has 1 heterocycles. The maximum atomic E-state index is 13.2. The monoisotopic (exact) mass is 432 g/mol. The molecule has 0 bridgehead atoms. The summed E-state index contributed by atoms with van der Waals surface area (Å²) in [5.74, 6) is 0.408. The predicted molar refractivity (Wildman–Crippen MR) is 133 cm³/mol. The van der Waals surface area contributed by atoms with Gasteiger partial charge < -0.3 is 5.32 Å². The van der Waals surface area contributed by atoms with Gasteiger partial charge in [0, 0.05) is 16.6 Å². The number of fused-ring (bicyclic) bond motifs is 1. The van der Waals surface area contributed by atoms with Crippen LogP contribution >= 0.6 is 0 Å². The van der Waals surface area contributed by atoms with E-state index in [4.69, 9.17) is 0 Å². The van der Waals surface area contributed by atoms with Gasteiger partial charge in [0.25, 0.3) is 5.91 Å². The molecule has 5 nitrogen and oxygen atoms in total. The molecule has 0 aliphatic carbocycles. The average Bonchev–Trinajstić information content (AvgIpc) is 3.27. The molecule has 0 fully saturated rings. The normalized spacial score (nSPS) is 11.0. The van der Waals surface area contributed by atoms with Gasteiger partial charge in [0.2, 0.25) is 5.82 Å². The minimum atomic E-state index is -0.345. The van der Waals surface area contributed by atoms with E-state index in [1.807, 2.05) is 79.7 Å². The first kappa shape index (κ1) is 20.6. The number of nitrogens with zero attached hydrogens (tertiary/aromatic N) is 3. The fraction of sp³-hybridized carbons (Fsp3) is 0.107. The highest BCUT2D eigenvalue weighted by atomic mass is 16.2. The van der Waals surface area contributed by atoms with E-state index in [0.717, 1.165) is 38.8 Å². The average molecular weight is 433 g/mol. The van der Waals surface area contributed by atoms with E-state index < -0.39 is 0 Å². The minimum absolute atomic E-state index is 0.123. The smallest absolute Gasteiger partial charge is 0.295 e. The van der Waals surface area contributed by atoms with E-state index in [1.54, 1.807) is 4.68 Å². The van der Waals surface area contributed by atoms with Gasteiger partial charge in [0.05, 0.1) is 5.69 Å². The molecule has 1 N–H and O–H groups in total. The second-order valence-electron chi connectivity index (χ2n) is 8.29. The summed E-state index contributed by atoms with van der Waals surface area (Å²) >= 11 is 0. The third kappa shape index (κ3) is 4.01. The van der Waals surface area contributed by atoms with E-state index in [-0.39, 0.29) is 11.7 Å². The second kappa shape index (κ2) is 8.36. The summed E-state index contributed by atoms with van der Waals surface area (Å²) in [6.07, 6.45) is 0. The Bertz CT molecular complexity index is 1490. The Kier molecular flexibility index (Phi) is 5.23. The van der Waals surface area contributed by atoms with Crippen LogP contribution in [0.15, 0.2) is 84.9 Å². The molecule has 1 aromatic heterocycles. The van der Waals surface area contributed by atoms with E-state index in [1.165, 1.54) is 5.56 Å². The van der Waals surface area contributed by atoms with Gasteiger partial charge in [-0.2, -0.15) is 0 Å². The zero-order valence-corrected chi connectivity index (χ0v) is 18.8. The number of anilines is 1. The quantitative estimate of drug-likeness (QED) is 0.364. The van der Waals surface area contributed by atoms with Crippen LogP contribution in [0.3, 0.4) is 0 Å². The molecule has 5 heteroatoms. The summed E-state index contributed by atoms with van der Waals surface area (Å²) < 4.78 is 1.75. The largest absolute Gasteiger partial charge is 0.319 e. The molecule has 0 radical (unpaired) electrons. The molecule has 162 valence electrons. The van der Waals surface area contributed by atoms with Gasteiger partial charge in [-0.1, -0.05) is 66.2 Å². The van der Waals surface area contributed by atoms with Crippen LogP contribution in [0.2, 0.25) is 0 Å². The highest BCUT2D eigenvalue weighted by molar-refractivity contribution is 6.07. The van der Waals surface area contributed by atoms with Crippen LogP contribution in [0.25, 0.3) is 27.8 Å². The van der Waals surface area contributed by atoms with Gasteiger partial charge in [0.15, 0.2) is 5.82 Å². The molecule has 5 rings (SSSR count). The number of benzene rings is 4. The van der Waals surface area contributed by atoms with Crippen molar-refractivity contribution in [3.8, 4) is 17.1 Å². The molecule has 0 aliphatic rings. The van der Waals surface area contributed by atoms with Crippen molar-refractivity contribution in [3.63, 3.8) is 0 Å². The molecule has 5 aromatic rings. The molecule has 0 unspecified atom stereocenters. The number of hydrogen-bond donors (Lipinski definition) is 1. The number of aromatic nitrogens is 3. The van der Waals surface area contributed by atoms with Gasteiger partial charge in [0.1, 0.15) is 0 Å². The fourth-order valence-electron chi connectivity index (χ4n) is 3.93. The molecule has 0 spiro atoms. The molecule has 33 heavy (non-hydrogen) atoms. The van der Waals surface area contributed by atoms with Crippen molar-refractivity contribution in [2.45, 2.75) is 20.8 Å². The third-order valence-electron chi connectivity index (χ3n) is 5.86. The predicted octanol–water partition coefficient (Wildman–Crippen LogP) is 6.27. The lowest BCUT2D eigenvalue weighted by molar-refractivity contribution is 0.101. The minimum Gasteiger partial charge on any atom is -0.319 e. The molecular weight excluding hydrogens is 408 g/mol. The Labute approximate surface area is 192 Å². The first-order valence-corrected chi connectivity index (χ1v) is 10.9. The lowest BCUT2D eigenvalue weighted by Gasteiger charge is -2.09. The number of rotatable bonds is 4. The topological polar surface area (TPSA) is 59.8 Å². The molecule has 0 atom stereocenters. The molecule has 0 saturated heterocycles. The van der Waals surface area contributed by atoms with Crippen molar-refractivity contribution < 1.29 is 4.79 Å². The number of carbonyl (C=O) groups is 1. The van der Waals surface area contributed by atoms with Crippen molar-refractivity contribution in [2.75, 3.05) is 5.32 Å².